The lowest BCUT2D eigenvalue weighted by molar-refractivity contribution is 0.251. The molecule has 22 heavy (non-hydrogen) atoms. The first-order chi connectivity index (χ1) is 10.6. The fraction of sp³-hybridized carbons (Fsp3) is 0.250. The van der Waals surface area contributed by atoms with Gasteiger partial charge in [-0.3, -0.25) is 0 Å². The van der Waals surface area contributed by atoms with Crippen molar-refractivity contribution in [2.24, 2.45) is 0 Å². The van der Waals surface area contributed by atoms with Gasteiger partial charge in [0.1, 0.15) is 5.82 Å². The van der Waals surface area contributed by atoms with Gasteiger partial charge in [-0.15, -0.1) is 0 Å². The maximum atomic E-state index is 11.6. The first kappa shape index (κ1) is 14.8. The highest BCUT2D eigenvalue weighted by Crippen LogP contribution is 2.23. The van der Waals surface area contributed by atoms with Crippen LogP contribution in [0, 0.1) is 6.92 Å². The number of amides is 2. The second kappa shape index (κ2) is 6.36. The van der Waals surface area contributed by atoms with E-state index in [1.807, 2.05) is 37.3 Å². The molecule has 5 nitrogen and oxygen atoms in total. The normalized spacial score (nSPS) is 13.5. The van der Waals surface area contributed by atoms with E-state index in [1.54, 1.807) is 6.20 Å². The van der Waals surface area contributed by atoms with E-state index in [2.05, 4.69) is 36.9 Å². The van der Waals surface area contributed by atoms with Crippen LogP contribution in [0.5, 0.6) is 0 Å². The average Bonchev–Trinajstić information content (AvgIpc) is 3.29. The monoisotopic (exact) mass is 360 g/mol. The van der Waals surface area contributed by atoms with E-state index in [0.717, 1.165) is 28.8 Å². The highest BCUT2D eigenvalue weighted by molar-refractivity contribution is 9.10. The summed E-state index contributed by atoms with van der Waals surface area (Å²) in [7, 11) is 0. The van der Waals surface area contributed by atoms with E-state index in [-0.39, 0.29) is 6.03 Å². The van der Waals surface area contributed by atoms with Crippen molar-refractivity contribution < 1.29 is 4.79 Å². The SMILES string of the molecule is Cc1ccc(Nc2ccc(NC(=O)NC3CC3)cn2)cc1Br. The van der Waals surface area contributed by atoms with Crippen LogP contribution in [0.1, 0.15) is 18.4 Å². The van der Waals surface area contributed by atoms with Gasteiger partial charge in [0.05, 0.1) is 11.9 Å². The summed E-state index contributed by atoms with van der Waals surface area (Å²) in [6.45, 7) is 2.04. The predicted octanol–water partition coefficient (Wildman–Crippen LogP) is 4.18. The minimum atomic E-state index is -0.174. The van der Waals surface area contributed by atoms with E-state index >= 15 is 0 Å². The second-order valence-electron chi connectivity index (χ2n) is 5.39. The Balaban J connectivity index is 1.60. The molecule has 1 aliphatic carbocycles. The van der Waals surface area contributed by atoms with Gasteiger partial charge in [0.2, 0.25) is 0 Å². The third kappa shape index (κ3) is 3.98. The Hall–Kier alpha value is -2.08. The van der Waals surface area contributed by atoms with E-state index < -0.39 is 0 Å². The van der Waals surface area contributed by atoms with Gasteiger partial charge in [0, 0.05) is 16.2 Å². The first-order valence-corrected chi connectivity index (χ1v) is 7.96. The van der Waals surface area contributed by atoms with Gasteiger partial charge in [-0.05, 0) is 49.6 Å². The molecule has 0 bridgehead atoms. The number of carbonyl (C=O) groups excluding carboxylic acids is 1. The number of hydrogen-bond acceptors (Lipinski definition) is 3. The Bertz CT molecular complexity index is 683. The lowest BCUT2D eigenvalue weighted by Gasteiger charge is -2.09. The molecule has 1 aliphatic rings. The number of nitrogens with one attached hydrogen (secondary N) is 3. The van der Waals surface area contributed by atoms with Gasteiger partial charge in [-0.2, -0.15) is 0 Å². The highest BCUT2D eigenvalue weighted by Gasteiger charge is 2.23. The molecule has 2 amide bonds. The summed E-state index contributed by atoms with van der Waals surface area (Å²) in [5.74, 6) is 0.726. The van der Waals surface area contributed by atoms with Crippen LogP contribution in [0.4, 0.5) is 22.0 Å². The first-order valence-electron chi connectivity index (χ1n) is 7.17. The summed E-state index contributed by atoms with van der Waals surface area (Å²) in [5.41, 5.74) is 2.81. The summed E-state index contributed by atoms with van der Waals surface area (Å²) in [6.07, 6.45) is 3.78. The molecule has 114 valence electrons. The third-order valence-corrected chi connectivity index (χ3v) is 4.23. The zero-order valence-corrected chi connectivity index (χ0v) is 13.8. The number of benzene rings is 1. The van der Waals surface area contributed by atoms with Gasteiger partial charge in [-0.25, -0.2) is 9.78 Å². The molecule has 1 fully saturated rings. The largest absolute Gasteiger partial charge is 0.340 e. The van der Waals surface area contributed by atoms with Crippen LogP contribution in [0.2, 0.25) is 0 Å². The average molecular weight is 361 g/mol. The van der Waals surface area contributed by atoms with Crippen LogP contribution in [0.3, 0.4) is 0 Å². The maximum absolute atomic E-state index is 11.6. The summed E-state index contributed by atoms with van der Waals surface area (Å²) in [6, 6.07) is 9.86. The van der Waals surface area contributed by atoms with Crippen molar-refractivity contribution in [1.29, 1.82) is 0 Å². The van der Waals surface area contributed by atoms with Crippen LogP contribution in [0.15, 0.2) is 41.0 Å². The molecule has 0 aliphatic heterocycles. The van der Waals surface area contributed by atoms with Crippen LogP contribution in [0.25, 0.3) is 0 Å². The molecule has 0 saturated heterocycles. The van der Waals surface area contributed by atoms with Crippen LogP contribution in [-0.4, -0.2) is 17.1 Å². The van der Waals surface area contributed by atoms with E-state index in [0.29, 0.717) is 11.7 Å². The number of pyridine rings is 1. The fourth-order valence-electron chi connectivity index (χ4n) is 1.94. The lowest BCUT2D eigenvalue weighted by atomic mass is 10.2. The molecule has 0 atom stereocenters. The van der Waals surface area contributed by atoms with Gasteiger partial charge in [0.25, 0.3) is 0 Å². The second-order valence-corrected chi connectivity index (χ2v) is 6.25. The number of rotatable bonds is 4. The highest BCUT2D eigenvalue weighted by atomic mass is 79.9. The minimum Gasteiger partial charge on any atom is -0.340 e. The number of halogens is 1. The fourth-order valence-corrected chi connectivity index (χ4v) is 2.32. The van der Waals surface area contributed by atoms with Crippen molar-refractivity contribution >= 4 is 39.2 Å². The molecule has 3 rings (SSSR count). The molecule has 1 saturated carbocycles. The van der Waals surface area contributed by atoms with Gasteiger partial charge in [0.15, 0.2) is 0 Å². The Kier molecular flexibility index (Phi) is 4.29. The van der Waals surface area contributed by atoms with Crippen molar-refractivity contribution in [3.63, 3.8) is 0 Å². The van der Waals surface area contributed by atoms with E-state index in [1.165, 1.54) is 5.56 Å². The molecule has 3 N–H and O–H groups in total. The van der Waals surface area contributed by atoms with Crippen molar-refractivity contribution in [2.75, 3.05) is 10.6 Å². The Morgan fingerprint density at radius 2 is 2.00 bits per heavy atom. The number of carbonyl (C=O) groups is 1. The lowest BCUT2D eigenvalue weighted by Crippen LogP contribution is -2.30. The van der Waals surface area contributed by atoms with Gasteiger partial charge in [-0.1, -0.05) is 22.0 Å². The molecule has 0 radical (unpaired) electrons. The number of aromatic nitrogens is 1. The smallest absolute Gasteiger partial charge is 0.319 e. The number of urea groups is 1. The van der Waals surface area contributed by atoms with Crippen molar-refractivity contribution in [3.05, 3.63) is 46.6 Å². The topological polar surface area (TPSA) is 66.0 Å². The minimum absolute atomic E-state index is 0.174. The molecule has 1 aromatic heterocycles. The molecule has 0 unspecified atom stereocenters. The number of aryl methyl sites for hydroxylation is 1. The predicted molar refractivity (Wildman–Crippen MR) is 91.6 cm³/mol. The van der Waals surface area contributed by atoms with E-state index in [4.69, 9.17) is 0 Å². The molecular weight excluding hydrogens is 344 g/mol. The zero-order chi connectivity index (χ0) is 15.5. The molecule has 6 heteroatoms. The number of hydrogen-bond donors (Lipinski definition) is 3. The van der Waals surface area contributed by atoms with Crippen LogP contribution < -0.4 is 16.0 Å². The van der Waals surface area contributed by atoms with Gasteiger partial charge >= 0.3 is 6.03 Å². The van der Waals surface area contributed by atoms with Gasteiger partial charge < -0.3 is 16.0 Å². The standard InChI is InChI=1S/C16H17BrN4O/c1-10-2-3-12(8-14(10)17)19-15-7-6-13(9-18-15)21-16(22)20-11-4-5-11/h2-3,6-9,11H,4-5H2,1H3,(H,18,19)(H2,20,21,22). The summed E-state index contributed by atoms with van der Waals surface area (Å²) in [4.78, 5) is 15.9. The summed E-state index contributed by atoms with van der Waals surface area (Å²) in [5, 5.41) is 8.87. The van der Waals surface area contributed by atoms with Crippen LogP contribution >= 0.6 is 15.9 Å². The Morgan fingerprint density at radius 1 is 1.23 bits per heavy atom. The van der Waals surface area contributed by atoms with Crippen LogP contribution in [-0.2, 0) is 0 Å². The zero-order valence-electron chi connectivity index (χ0n) is 12.2. The molecule has 1 aromatic carbocycles. The number of nitrogens with zero attached hydrogens (tertiary/aromatic N) is 1. The third-order valence-electron chi connectivity index (χ3n) is 3.38. The van der Waals surface area contributed by atoms with Crippen molar-refractivity contribution in [1.82, 2.24) is 10.3 Å². The van der Waals surface area contributed by atoms with E-state index in [9.17, 15) is 4.79 Å². The van der Waals surface area contributed by atoms with Crippen molar-refractivity contribution in [2.45, 2.75) is 25.8 Å². The number of anilines is 3. The quantitative estimate of drug-likeness (QED) is 0.765. The maximum Gasteiger partial charge on any atom is 0.319 e. The summed E-state index contributed by atoms with van der Waals surface area (Å²) >= 11 is 3.51. The molecular formula is C16H17BrN4O. The molecule has 2 aromatic rings. The Morgan fingerprint density at radius 3 is 2.64 bits per heavy atom. The molecule has 1 heterocycles. The van der Waals surface area contributed by atoms with Crippen molar-refractivity contribution in [3.8, 4) is 0 Å². The molecule has 0 spiro atoms. The Labute approximate surface area is 137 Å². The summed E-state index contributed by atoms with van der Waals surface area (Å²) < 4.78 is 1.05.